The Hall–Kier alpha value is -3.22. The van der Waals surface area contributed by atoms with Crippen LogP contribution < -0.4 is 5.32 Å². The van der Waals surface area contributed by atoms with Gasteiger partial charge >= 0.3 is 6.09 Å². The number of ketones is 1. The fourth-order valence-corrected chi connectivity index (χ4v) is 3.42. The molecule has 2 aromatic rings. The number of aryl methyl sites for hydroxylation is 1. The SMILES string of the molecule is CC(=O)Nc1cc(F)c(C)cc1C(=O)[C@@H]1CCCN1C(=O)OCc1ccccc1. The third-order valence-corrected chi connectivity index (χ3v) is 4.87. The largest absolute Gasteiger partial charge is 0.445 e. The van der Waals surface area contributed by atoms with E-state index in [-0.39, 0.29) is 23.6 Å². The number of nitrogens with zero attached hydrogens (tertiary/aromatic N) is 1. The number of likely N-dealkylation sites (tertiary alicyclic amines) is 1. The van der Waals surface area contributed by atoms with Crippen molar-refractivity contribution in [3.05, 3.63) is 65.0 Å². The monoisotopic (exact) mass is 398 g/mol. The second-order valence-corrected chi connectivity index (χ2v) is 7.08. The molecule has 6 nitrogen and oxygen atoms in total. The number of nitrogens with one attached hydrogen (secondary N) is 1. The first-order valence-electron chi connectivity index (χ1n) is 9.46. The molecule has 1 saturated heterocycles. The van der Waals surface area contributed by atoms with E-state index >= 15 is 0 Å². The summed E-state index contributed by atoms with van der Waals surface area (Å²) < 4.78 is 19.3. The van der Waals surface area contributed by atoms with E-state index in [0.29, 0.717) is 24.9 Å². The van der Waals surface area contributed by atoms with Crippen molar-refractivity contribution in [2.24, 2.45) is 0 Å². The molecule has 1 atom stereocenters. The molecule has 1 N–H and O–H groups in total. The van der Waals surface area contributed by atoms with Crippen LogP contribution in [-0.4, -0.2) is 35.3 Å². The number of benzene rings is 2. The summed E-state index contributed by atoms with van der Waals surface area (Å²) in [5.74, 6) is -1.27. The van der Waals surface area contributed by atoms with Crippen molar-refractivity contribution in [2.45, 2.75) is 39.3 Å². The van der Waals surface area contributed by atoms with Gasteiger partial charge in [0, 0.05) is 19.0 Å². The molecule has 0 aromatic heterocycles. The zero-order valence-corrected chi connectivity index (χ0v) is 16.4. The Morgan fingerprint density at radius 1 is 1.21 bits per heavy atom. The second kappa shape index (κ2) is 8.86. The van der Waals surface area contributed by atoms with Crippen molar-refractivity contribution < 1.29 is 23.5 Å². The summed E-state index contributed by atoms with van der Waals surface area (Å²) in [6, 6.07) is 11.1. The maximum atomic E-state index is 14.0. The van der Waals surface area contributed by atoms with E-state index < -0.39 is 23.9 Å². The van der Waals surface area contributed by atoms with Gasteiger partial charge in [0.25, 0.3) is 0 Å². The molecule has 0 unspecified atom stereocenters. The lowest BCUT2D eigenvalue weighted by atomic mass is 9.98. The van der Waals surface area contributed by atoms with E-state index in [2.05, 4.69) is 5.32 Å². The summed E-state index contributed by atoms with van der Waals surface area (Å²) in [6.07, 6.45) is 0.575. The fourth-order valence-electron chi connectivity index (χ4n) is 3.42. The number of carbonyl (C=O) groups is 3. The molecule has 0 spiro atoms. The van der Waals surface area contributed by atoms with Gasteiger partial charge < -0.3 is 10.1 Å². The zero-order valence-electron chi connectivity index (χ0n) is 16.4. The molecule has 7 heteroatoms. The first-order valence-corrected chi connectivity index (χ1v) is 9.46. The lowest BCUT2D eigenvalue weighted by Gasteiger charge is -2.24. The highest BCUT2D eigenvalue weighted by Crippen LogP contribution is 2.28. The Kier molecular flexibility index (Phi) is 6.26. The van der Waals surface area contributed by atoms with Crippen molar-refractivity contribution in [3.8, 4) is 0 Å². The number of carbonyl (C=O) groups excluding carboxylic acids is 3. The number of hydrogen-bond donors (Lipinski definition) is 1. The highest BCUT2D eigenvalue weighted by atomic mass is 19.1. The van der Waals surface area contributed by atoms with E-state index in [0.717, 1.165) is 11.6 Å². The molecule has 0 bridgehead atoms. The standard InChI is InChI=1S/C22H23FN2O4/c1-14-11-17(19(12-18(14)23)24-15(2)26)21(27)20-9-6-10-25(20)22(28)29-13-16-7-4-3-5-8-16/h3-5,7-8,11-12,20H,6,9-10,13H2,1-2H3,(H,24,26)/t20-/m0/s1. The van der Waals surface area contributed by atoms with Crippen LogP contribution in [0.15, 0.2) is 42.5 Å². The molecular formula is C22H23FN2O4. The highest BCUT2D eigenvalue weighted by molar-refractivity contribution is 6.08. The molecule has 152 valence electrons. The van der Waals surface area contributed by atoms with Gasteiger partial charge in [-0.2, -0.15) is 0 Å². The van der Waals surface area contributed by atoms with Gasteiger partial charge in [-0.25, -0.2) is 9.18 Å². The summed E-state index contributed by atoms with van der Waals surface area (Å²) in [5.41, 5.74) is 1.44. The van der Waals surface area contributed by atoms with E-state index in [4.69, 9.17) is 4.74 Å². The number of ether oxygens (including phenoxy) is 1. The molecule has 1 aliphatic rings. The minimum atomic E-state index is -0.712. The number of amides is 2. The number of Topliss-reactive ketones (excluding diaryl/α,β-unsaturated/α-hetero) is 1. The zero-order chi connectivity index (χ0) is 21.0. The maximum absolute atomic E-state index is 14.0. The number of rotatable bonds is 5. The van der Waals surface area contributed by atoms with Gasteiger partial charge in [0.2, 0.25) is 5.91 Å². The summed E-state index contributed by atoms with van der Waals surface area (Å²) in [7, 11) is 0. The molecule has 2 amide bonds. The number of anilines is 1. The van der Waals surface area contributed by atoms with Crippen molar-refractivity contribution in [3.63, 3.8) is 0 Å². The molecule has 3 rings (SSSR count). The Balaban J connectivity index is 1.78. The summed E-state index contributed by atoms with van der Waals surface area (Å²) in [5, 5.41) is 2.50. The highest BCUT2D eigenvalue weighted by Gasteiger charge is 2.36. The van der Waals surface area contributed by atoms with Gasteiger partial charge in [-0.05, 0) is 43.0 Å². The number of hydrogen-bond acceptors (Lipinski definition) is 4. The quantitative estimate of drug-likeness (QED) is 0.770. The fraction of sp³-hybridized carbons (Fsp3) is 0.318. The van der Waals surface area contributed by atoms with E-state index in [1.807, 2.05) is 30.3 Å². The molecule has 0 radical (unpaired) electrons. The first kappa shape index (κ1) is 20.5. The minimum Gasteiger partial charge on any atom is -0.445 e. The average molecular weight is 398 g/mol. The van der Waals surface area contributed by atoms with E-state index in [1.54, 1.807) is 6.92 Å². The normalized spacial score (nSPS) is 15.8. The predicted octanol–water partition coefficient (Wildman–Crippen LogP) is 4.08. The van der Waals surface area contributed by atoms with Crippen molar-refractivity contribution in [1.82, 2.24) is 4.90 Å². The maximum Gasteiger partial charge on any atom is 0.410 e. The number of halogens is 1. The topological polar surface area (TPSA) is 75.7 Å². The predicted molar refractivity (Wildman–Crippen MR) is 106 cm³/mol. The smallest absolute Gasteiger partial charge is 0.410 e. The van der Waals surface area contributed by atoms with E-state index in [9.17, 15) is 18.8 Å². The molecular weight excluding hydrogens is 375 g/mol. The molecule has 29 heavy (non-hydrogen) atoms. The molecule has 1 aliphatic heterocycles. The average Bonchev–Trinajstić information content (AvgIpc) is 3.18. The molecule has 1 heterocycles. The Bertz CT molecular complexity index is 930. The Labute approximate surface area is 168 Å². The van der Waals surface area contributed by atoms with E-state index in [1.165, 1.54) is 17.9 Å². The van der Waals surface area contributed by atoms with Crippen LogP contribution in [0, 0.1) is 12.7 Å². The van der Waals surface area contributed by atoms with Crippen molar-refractivity contribution >= 4 is 23.5 Å². The minimum absolute atomic E-state index is 0.107. The van der Waals surface area contributed by atoms with Gasteiger partial charge in [-0.1, -0.05) is 30.3 Å². The van der Waals surface area contributed by atoms with Gasteiger partial charge in [-0.3, -0.25) is 14.5 Å². The van der Waals surface area contributed by atoms with Crippen LogP contribution in [0.25, 0.3) is 0 Å². The van der Waals surface area contributed by atoms with Crippen LogP contribution in [0.3, 0.4) is 0 Å². The summed E-state index contributed by atoms with van der Waals surface area (Å²) in [4.78, 5) is 38.6. The molecule has 0 aliphatic carbocycles. The van der Waals surface area contributed by atoms with Crippen LogP contribution in [0.5, 0.6) is 0 Å². The first-order chi connectivity index (χ1) is 13.9. The second-order valence-electron chi connectivity index (χ2n) is 7.08. The molecule has 0 saturated carbocycles. The van der Waals surface area contributed by atoms with Crippen LogP contribution >= 0.6 is 0 Å². The Morgan fingerprint density at radius 3 is 2.62 bits per heavy atom. The van der Waals surface area contributed by atoms with Gasteiger partial charge in [0.05, 0.1) is 11.7 Å². The third kappa shape index (κ3) is 4.80. The van der Waals surface area contributed by atoms with Crippen molar-refractivity contribution in [1.29, 1.82) is 0 Å². The van der Waals surface area contributed by atoms with Gasteiger partial charge in [0.15, 0.2) is 5.78 Å². The lowest BCUT2D eigenvalue weighted by molar-refractivity contribution is -0.114. The molecule has 2 aromatic carbocycles. The van der Waals surface area contributed by atoms with Crippen LogP contribution in [0.1, 0.15) is 41.3 Å². The lowest BCUT2D eigenvalue weighted by Crippen LogP contribution is -2.41. The van der Waals surface area contributed by atoms with Gasteiger partial charge in [0.1, 0.15) is 12.4 Å². The van der Waals surface area contributed by atoms with Crippen LogP contribution in [0.2, 0.25) is 0 Å². The van der Waals surface area contributed by atoms with Crippen molar-refractivity contribution in [2.75, 3.05) is 11.9 Å². The molecule has 1 fully saturated rings. The summed E-state index contributed by atoms with van der Waals surface area (Å²) in [6.45, 7) is 3.35. The van der Waals surface area contributed by atoms with Gasteiger partial charge in [-0.15, -0.1) is 0 Å². The van der Waals surface area contributed by atoms with Crippen LogP contribution in [-0.2, 0) is 16.1 Å². The summed E-state index contributed by atoms with van der Waals surface area (Å²) >= 11 is 0. The third-order valence-electron chi connectivity index (χ3n) is 4.87. The van der Waals surface area contributed by atoms with Crippen LogP contribution in [0.4, 0.5) is 14.9 Å². The Morgan fingerprint density at radius 2 is 1.93 bits per heavy atom.